The van der Waals surface area contributed by atoms with E-state index in [-0.39, 0.29) is 0 Å². The number of benzene rings is 3. The summed E-state index contributed by atoms with van der Waals surface area (Å²) >= 11 is 0. The van der Waals surface area contributed by atoms with E-state index in [9.17, 15) is 5.11 Å². The van der Waals surface area contributed by atoms with E-state index < -0.39 is 6.10 Å². The van der Waals surface area contributed by atoms with Crippen molar-refractivity contribution < 1.29 is 5.11 Å². The van der Waals surface area contributed by atoms with Crippen molar-refractivity contribution in [1.82, 2.24) is 5.32 Å². The van der Waals surface area contributed by atoms with Crippen molar-refractivity contribution >= 4 is 21.5 Å². The maximum absolute atomic E-state index is 10.2. The van der Waals surface area contributed by atoms with Crippen molar-refractivity contribution in [3.05, 3.63) is 59.7 Å². The van der Waals surface area contributed by atoms with Crippen molar-refractivity contribution in [2.75, 3.05) is 7.05 Å². The highest BCUT2D eigenvalue weighted by Gasteiger charge is 2.15. The molecule has 20 heavy (non-hydrogen) atoms. The molecule has 0 aliphatic carbocycles. The van der Waals surface area contributed by atoms with Crippen LogP contribution in [0.15, 0.2) is 48.5 Å². The van der Waals surface area contributed by atoms with Crippen LogP contribution in [0.25, 0.3) is 21.5 Å². The number of fused-ring (bicyclic) bond motifs is 2. The Morgan fingerprint density at radius 3 is 1.75 bits per heavy atom. The van der Waals surface area contributed by atoms with E-state index >= 15 is 0 Å². The number of aliphatic hydroxyl groups is 1. The lowest BCUT2D eigenvalue weighted by atomic mass is 9.89. The summed E-state index contributed by atoms with van der Waals surface area (Å²) in [5.41, 5.74) is 2.32. The molecule has 0 aliphatic rings. The minimum Gasteiger partial charge on any atom is -0.389 e. The van der Waals surface area contributed by atoms with Crippen LogP contribution >= 0.6 is 0 Å². The summed E-state index contributed by atoms with van der Waals surface area (Å²) in [5, 5.41) is 18.2. The molecule has 0 amide bonds. The average Bonchev–Trinajstić information content (AvgIpc) is 2.47. The van der Waals surface area contributed by atoms with E-state index in [1.54, 1.807) is 0 Å². The molecule has 2 N–H and O–H groups in total. The predicted octanol–water partition coefficient (Wildman–Crippen LogP) is 3.77. The fourth-order valence-corrected chi connectivity index (χ4v) is 3.07. The highest BCUT2D eigenvalue weighted by atomic mass is 16.3. The topological polar surface area (TPSA) is 32.3 Å². The van der Waals surface area contributed by atoms with Crippen LogP contribution in [0.1, 0.15) is 24.2 Å². The van der Waals surface area contributed by atoms with Crippen LogP contribution in [0.3, 0.4) is 0 Å². The zero-order valence-electron chi connectivity index (χ0n) is 11.9. The van der Waals surface area contributed by atoms with Crippen LogP contribution in [0.5, 0.6) is 0 Å². The maximum Gasteiger partial charge on any atom is 0.0773 e. The van der Waals surface area contributed by atoms with E-state index in [1.165, 1.54) is 16.3 Å². The zero-order chi connectivity index (χ0) is 14.1. The Balaban J connectivity index is 2.54. The highest BCUT2D eigenvalue weighted by molar-refractivity contribution is 6.06. The maximum atomic E-state index is 10.2. The molecular weight excluding hydrogens is 246 g/mol. The van der Waals surface area contributed by atoms with Crippen LogP contribution in [0, 0.1) is 0 Å². The molecule has 3 aromatic carbocycles. The van der Waals surface area contributed by atoms with Gasteiger partial charge in [-0.15, -0.1) is 0 Å². The van der Waals surface area contributed by atoms with Gasteiger partial charge in [0.25, 0.3) is 0 Å². The summed E-state index contributed by atoms with van der Waals surface area (Å²) < 4.78 is 0. The van der Waals surface area contributed by atoms with Crippen molar-refractivity contribution in [2.45, 2.75) is 19.6 Å². The monoisotopic (exact) mass is 265 g/mol. The van der Waals surface area contributed by atoms with Crippen molar-refractivity contribution in [2.24, 2.45) is 0 Å². The predicted molar refractivity (Wildman–Crippen MR) is 84.9 cm³/mol. The van der Waals surface area contributed by atoms with Crippen LogP contribution in [-0.4, -0.2) is 12.2 Å². The van der Waals surface area contributed by atoms with Gasteiger partial charge in [-0.3, -0.25) is 0 Å². The van der Waals surface area contributed by atoms with Gasteiger partial charge in [-0.2, -0.15) is 0 Å². The van der Waals surface area contributed by atoms with Crippen molar-refractivity contribution in [3.8, 4) is 0 Å². The molecule has 0 radical (unpaired) electrons. The molecule has 0 spiro atoms. The number of rotatable bonds is 3. The van der Waals surface area contributed by atoms with Gasteiger partial charge in [-0.25, -0.2) is 0 Å². The van der Waals surface area contributed by atoms with E-state index in [0.29, 0.717) is 0 Å². The van der Waals surface area contributed by atoms with E-state index in [0.717, 1.165) is 22.9 Å². The largest absolute Gasteiger partial charge is 0.389 e. The molecule has 1 atom stereocenters. The summed E-state index contributed by atoms with van der Waals surface area (Å²) in [6.07, 6.45) is -0.478. The van der Waals surface area contributed by atoms with Crippen molar-refractivity contribution in [3.63, 3.8) is 0 Å². The van der Waals surface area contributed by atoms with Gasteiger partial charge in [0.2, 0.25) is 0 Å². The van der Waals surface area contributed by atoms with Gasteiger partial charge in [0.1, 0.15) is 0 Å². The molecule has 3 aromatic rings. The first-order valence-corrected chi connectivity index (χ1v) is 6.99. The first kappa shape index (κ1) is 13.1. The molecule has 0 aromatic heterocycles. The smallest absolute Gasteiger partial charge is 0.0773 e. The molecule has 0 fully saturated rings. The minimum atomic E-state index is -0.478. The summed E-state index contributed by atoms with van der Waals surface area (Å²) in [6, 6.07) is 16.7. The summed E-state index contributed by atoms with van der Waals surface area (Å²) in [4.78, 5) is 0. The summed E-state index contributed by atoms with van der Waals surface area (Å²) in [5.74, 6) is 0. The first-order chi connectivity index (χ1) is 9.74. The van der Waals surface area contributed by atoms with Gasteiger partial charge >= 0.3 is 0 Å². The molecule has 102 valence electrons. The molecular formula is C18H19NO. The Bertz CT molecular complexity index is 705. The Kier molecular flexibility index (Phi) is 3.43. The number of hydrogen-bond donors (Lipinski definition) is 2. The molecule has 0 saturated heterocycles. The second kappa shape index (κ2) is 5.23. The number of aliphatic hydroxyl groups excluding tert-OH is 1. The van der Waals surface area contributed by atoms with E-state index in [4.69, 9.17) is 0 Å². The fourth-order valence-electron chi connectivity index (χ4n) is 3.07. The lowest BCUT2D eigenvalue weighted by Gasteiger charge is -2.18. The van der Waals surface area contributed by atoms with Crippen LogP contribution in [0.2, 0.25) is 0 Å². The molecule has 2 heteroatoms. The van der Waals surface area contributed by atoms with E-state index in [1.807, 2.05) is 26.1 Å². The molecule has 0 aliphatic heterocycles. The zero-order valence-corrected chi connectivity index (χ0v) is 11.9. The Hall–Kier alpha value is -1.90. The number of nitrogens with one attached hydrogen (secondary N) is 1. The lowest BCUT2D eigenvalue weighted by Crippen LogP contribution is -2.07. The van der Waals surface area contributed by atoms with Crippen LogP contribution in [0.4, 0.5) is 0 Å². The van der Waals surface area contributed by atoms with Crippen LogP contribution in [-0.2, 0) is 6.54 Å². The third kappa shape index (κ3) is 1.98. The minimum absolute atomic E-state index is 0.478. The normalized spacial score (nSPS) is 12.9. The lowest BCUT2D eigenvalue weighted by molar-refractivity contribution is 0.202. The fraction of sp³-hybridized carbons (Fsp3) is 0.222. The van der Waals surface area contributed by atoms with Gasteiger partial charge in [0.05, 0.1) is 6.10 Å². The summed E-state index contributed by atoms with van der Waals surface area (Å²) in [7, 11) is 1.96. The van der Waals surface area contributed by atoms with E-state index in [2.05, 4.69) is 41.7 Å². The highest BCUT2D eigenvalue weighted by Crippen LogP contribution is 2.36. The third-order valence-corrected chi connectivity index (χ3v) is 3.86. The molecule has 2 nitrogen and oxygen atoms in total. The quantitative estimate of drug-likeness (QED) is 0.707. The molecule has 3 rings (SSSR count). The van der Waals surface area contributed by atoms with Gasteiger partial charge in [-0.05, 0) is 46.6 Å². The Morgan fingerprint density at radius 1 is 0.900 bits per heavy atom. The standard InChI is InChI=1S/C18H19NO/c1-12(20)18-15-9-5-3-7-13(15)17(11-19-2)14-8-4-6-10-16(14)18/h3-10,12,19-20H,11H2,1-2H3. The molecule has 1 unspecified atom stereocenters. The Morgan fingerprint density at radius 2 is 1.35 bits per heavy atom. The van der Waals surface area contributed by atoms with Gasteiger partial charge < -0.3 is 10.4 Å². The van der Waals surface area contributed by atoms with Gasteiger partial charge in [-0.1, -0.05) is 48.5 Å². The van der Waals surface area contributed by atoms with Crippen molar-refractivity contribution in [1.29, 1.82) is 0 Å². The SMILES string of the molecule is CNCc1c2ccccc2c(C(C)O)c2ccccc12. The number of hydrogen-bond acceptors (Lipinski definition) is 2. The van der Waals surface area contributed by atoms with Gasteiger partial charge in [0.15, 0.2) is 0 Å². The third-order valence-electron chi connectivity index (χ3n) is 3.86. The van der Waals surface area contributed by atoms with Gasteiger partial charge in [0, 0.05) is 6.54 Å². The molecule has 0 heterocycles. The molecule has 0 bridgehead atoms. The van der Waals surface area contributed by atoms with Crippen LogP contribution < -0.4 is 5.32 Å². The average molecular weight is 265 g/mol. The summed E-state index contributed by atoms with van der Waals surface area (Å²) in [6.45, 7) is 2.66. The Labute approximate surface area is 119 Å². The second-order valence-corrected chi connectivity index (χ2v) is 5.19. The first-order valence-electron chi connectivity index (χ1n) is 6.99. The second-order valence-electron chi connectivity index (χ2n) is 5.19. The molecule has 0 saturated carbocycles.